The number of ether oxygens (including phenoxy) is 2. The first-order valence-electron chi connectivity index (χ1n) is 10.5. The largest absolute Gasteiger partial charge is 0.490 e. The quantitative estimate of drug-likeness (QED) is 0.432. The maximum absolute atomic E-state index is 12.8. The second kappa shape index (κ2) is 9.83. The highest BCUT2D eigenvalue weighted by atomic mass is 16.5. The summed E-state index contributed by atoms with van der Waals surface area (Å²) in [6.07, 6.45) is 2.35. The van der Waals surface area contributed by atoms with Crippen molar-refractivity contribution in [2.24, 2.45) is 0 Å². The van der Waals surface area contributed by atoms with Crippen molar-refractivity contribution in [1.82, 2.24) is 5.43 Å². The van der Waals surface area contributed by atoms with E-state index in [1.165, 1.54) is 10.6 Å². The smallest absolute Gasteiger partial charge is 0.282 e. The molecule has 1 aliphatic heterocycles. The zero-order valence-corrected chi connectivity index (χ0v) is 17.8. The molecule has 1 saturated heterocycles. The molecule has 0 unspecified atom stereocenters. The molecule has 32 heavy (non-hydrogen) atoms. The number of amides is 2. The second-order valence-corrected chi connectivity index (χ2v) is 7.20. The van der Waals surface area contributed by atoms with Gasteiger partial charge in [-0.2, -0.15) is 0 Å². The first kappa shape index (κ1) is 21.2. The van der Waals surface area contributed by atoms with Gasteiger partial charge in [0.2, 0.25) is 0 Å². The third kappa shape index (κ3) is 4.81. The number of hydrazine groups is 1. The van der Waals surface area contributed by atoms with Crippen LogP contribution >= 0.6 is 0 Å². The fourth-order valence-corrected chi connectivity index (χ4v) is 3.41. The van der Waals surface area contributed by atoms with Gasteiger partial charge in [0.25, 0.3) is 11.8 Å². The number of nitrogens with one attached hydrogen (secondary N) is 1. The third-order valence-corrected chi connectivity index (χ3v) is 4.98. The number of para-hydroxylation sites is 1. The summed E-state index contributed by atoms with van der Waals surface area (Å²) < 4.78 is 11.7. The van der Waals surface area contributed by atoms with E-state index in [9.17, 15) is 9.59 Å². The van der Waals surface area contributed by atoms with E-state index in [0.717, 1.165) is 6.42 Å². The van der Waals surface area contributed by atoms with Crippen LogP contribution in [-0.2, 0) is 16.0 Å². The molecule has 0 aliphatic carbocycles. The summed E-state index contributed by atoms with van der Waals surface area (Å²) in [6.45, 7) is 2.87. The van der Waals surface area contributed by atoms with E-state index in [4.69, 9.17) is 9.47 Å². The van der Waals surface area contributed by atoms with Gasteiger partial charge in [-0.25, -0.2) is 5.01 Å². The molecule has 3 aromatic rings. The number of hydrogen-bond donors (Lipinski definition) is 1. The molecule has 1 heterocycles. The standard InChI is InChI=1S/C26H24N2O4/c1-2-31-24-18-20(13-14-23(24)32-16-15-19-9-5-3-6-10-19)17-22-25(29)27-28(26(22)30)21-11-7-4-8-12-21/h3-14,17-18H,2,15-16H2,1H3,(H,27,29)/b22-17-. The van der Waals surface area contributed by atoms with Crippen molar-refractivity contribution in [3.05, 3.63) is 95.6 Å². The molecule has 0 aromatic heterocycles. The summed E-state index contributed by atoms with van der Waals surface area (Å²) in [5.74, 6) is 0.348. The Kier molecular flexibility index (Phi) is 6.51. The Bertz CT molecular complexity index is 1130. The zero-order chi connectivity index (χ0) is 22.3. The van der Waals surface area contributed by atoms with Gasteiger partial charge >= 0.3 is 0 Å². The first-order chi connectivity index (χ1) is 15.7. The van der Waals surface area contributed by atoms with Crippen LogP contribution in [0.2, 0.25) is 0 Å². The molecule has 6 nitrogen and oxygen atoms in total. The Morgan fingerprint density at radius 1 is 0.875 bits per heavy atom. The van der Waals surface area contributed by atoms with E-state index in [1.54, 1.807) is 48.5 Å². The third-order valence-electron chi connectivity index (χ3n) is 4.98. The van der Waals surface area contributed by atoms with E-state index in [-0.39, 0.29) is 5.57 Å². The van der Waals surface area contributed by atoms with Gasteiger partial charge in [0, 0.05) is 6.42 Å². The average Bonchev–Trinajstić information content (AvgIpc) is 3.10. The summed E-state index contributed by atoms with van der Waals surface area (Å²) in [6, 6.07) is 24.5. The average molecular weight is 428 g/mol. The predicted molar refractivity (Wildman–Crippen MR) is 123 cm³/mol. The molecule has 162 valence electrons. The number of rotatable bonds is 8. The molecule has 0 atom stereocenters. The second-order valence-electron chi connectivity index (χ2n) is 7.20. The zero-order valence-electron chi connectivity index (χ0n) is 17.8. The molecular formula is C26H24N2O4. The van der Waals surface area contributed by atoms with Crippen LogP contribution in [0.25, 0.3) is 6.08 Å². The van der Waals surface area contributed by atoms with Crippen molar-refractivity contribution in [2.75, 3.05) is 18.2 Å². The molecular weight excluding hydrogens is 404 g/mol. The van der Waals surface area contributed by atoms with Crippen LogP contribution in [0.3, 0.4) is 0 Å². The van der Waals surface area contributed by atoms with E-state index in [0.29, 0.717) is 36.0 Å². The van der Waals surface area contributed by atoms with Gasteiger partial charge in [0.1, 0.15) is 5.57 Å². The normalized spacial score (nSPS) is 14.5. The van der Waals surface area contributed by atoms with Crippen molar-refractivity contribution in [3.8, 4) is 11.5 Å². The Hall–Kier alpha value is -4.06. The molecule has 1 fully saturated rings. The van der Waals surface area contributed by atoms with E-state index >= 15 is 0 Å². The number of carbonyl (C=O) groups is 2. The first-order valence-corrected chi connectivity index (χ1v) is 10.5. The van der Waals surface area contributed by atoms with Crippen molar-refractivity contribution in [1.29, 1.82) is 0 Å². The highest BCUT2D eigenvalue weighted by Crippen LogP contribution is 2.30. The SMILES string of the molecule is CCOc1cc(/C=C2/C(=O)NN(c3ccccc3)C2=O)ccc1OCCc1ccccc1. The lowest BCUT2D eigenvalue weighted by atomic mass is 10.1. The molecule has 1 aliphatic rings. The fraction of sp³-hybridized carbons (Fsp3) is 0.154. The van der Waals surface area contributed by atoms with Crippen LogP contribution < -0.4 is 19.9 Å². The van der Waals surface area contributed by atoms with Gasteiger partial charge in [-0.3, -0.25) is 15.0 Å². The van der Waals surface area contributed by atoms with E-state index in [2.05, 4.69) is 17.6 Å². The summed E-state index contributed by atoms with van der Waals surface area (Å²) in [7, 11) is 0. The minimum absolute atomic E-state index is 0.0639. The highest BCUT2D eigenvalue weighted by molar-refractivity contribution is 6.31. The molecule has 0 bridgehead atoms. The topological polar surface area (TPSA) is 67.9 Å². The van der Waals surface area contributed by atoms with Crippen LogP contribution in [-0.4, -0.2) is 25.0 Å². The lowest BCUT2D eigenvalue weighted by Crippen LogP contribution is -2.35. The molecule has 4 rings (SSSR count). The van der Waals surface area contributed by atoms with E-state index < -0.39 is 11.8 Å². The van der Waals surface area contributed by atoms with Gasteiger partial charge in [0.05, 0.1) is 18.9 Å². The van der Waals surface area contributed by atoms with Gasteiger partial charge in [-0.1, -0.05) is 54.6 Å². The van der Waals surface area contributed by atoms with Crippen LogP contribution in [0.15, 0.2) is 84.4 Å². The Labute approximate surface area is 187 Å². The summed E-state index contributed by atoms with van der Waals surface area (Å²) >= 11 is 0. The summed E-state index contributed by atoms with van der Waals surface area (Å²) in [4.78, 5) is 25.2. The molecule has 0 saturated carbocycles. The maximum Gasteiger partial charge on any atom is 0.282 e. The minimum Gasteiger partial charge on any atom is -0.490 e. The number of hydrogen-bond acceptors (Lipinski definition) is 4. The van der Waals surface area contributed by atoms with Gasteiger partial charge < -0.3 is 9.47 Å². The fourth-order valence-electron chi connectivity index (χ4n) is 3.41. The monoisotopic (exact) mass is 428 g/mol. The Morgan fingerprint density at radius 3 is 2.31 bits per heavy atom. The summed E-state index contributed by atoms with van der Waals surface area (Å²) in [5, 5.41) is 1.25. The molecule has 1 N–H and O–H groups in total. The minimum atomic E-state index is -0.444. The molecule has 0 radical (unpaired) electrons. The van der Waals surface area contributed by atoms with Crippen molar-refractivity contribution >= 4 is 23.6 Å². The number of carbonyl (C=O) groups excluding carboxylic acids is 2. The van der Waals surface area contributed by atoms with Gasteiger partial charge in [-0.05, 0) is 48.4 Å². The van der Waals surface area contributed by atoms with Gasteiger partial charge in [0.15, 0.2) is 11.5 Å². The summed E-state index contributed by atoms with van der Waals surface area (Å²) in [5.41, 5.74) is 5.15. The Balaban J connectivity index is 1.51. The predicted octanol–water partition coefficient (Wildman–Crippen LogP) is 4.17. The number of anilines is 1. The Morgan fingerprint density at radius 2 is 1.59 bits per heavy atom. The number of benzene rings is 3. The van der Waals surface area contributed by atoms with Crippen LogP contribution in [0.5, 0.6) is 11.5 Å². The molecule has 0 spiro atoms. The lowest BCUT2D eigenvalue weighted by Gasteiger charge is -2.14. The van der Waals surface area contributed by atoms with Crippen LogP contribution in [0.4, 0.5) is 5.69 Å². The molecule has 2 amide bonds. The maximum atomic E-state index is 12.8. The van der Waals surface area contributed by atoms with Crippen LogP contribution in [0.1, 0.15) is 18.1 Å². The number of nitrogens with zero attached hydrogens (tertiary/aromatic N) is 1. The van der Waals surface area contributed by atoms with Crippen LogP contribution in [0, 0.1) is 0 Å². The van der Waals surface area contributed by atoms with Gasteiger partial charge in [-0.15, -0.1) is 0 Å². The lowest BCUT2D eigenvalue weighted by molar-refractivity contribution is -0.117. The molecule has 3 aromatic carbocycles. The highest BCUT2D eigenvalue weighted by Gasteiger charge is 2.34. The van der Waals surface area contributed by atoms with E-state index in [1.807, 2.05) is 31.2 Å². The van der Waals surface area contributed by atoms with Crippen molar-refractivity contribution < 1.29 is 19.1 Å². The van der Waals surface area contributed by atoms with Crippen molar-refractivity contribution in [3.63, 3.8) is 0 Å². The molecule has 6 heteroatoms. The van der Waals surface area contributed by atoms with Crippen molar-refractivity contribution in [2.45, 2.75) is 13.3 Å².